The molecule has 1 aromatic heterocycles. The van der Waals surface area contributed by atoms with Crippen molar-refractivity contribution < 1.29 is 14.3 Å². The minimum Gasteiger partial charge on any atom is -0.493 e. The Hall–Kier alpha value is -3.34. The molecule has 32 heavy (non-hydrogen) atoms. The molecule has 0 aliphatic rings. The molecule has 0 bridgehead atoms. The summed E-state index contributed by atoms with van der Waals surface area (Å²) in [7, 11) is 1.62. The van der Waals surface area contributed by atoms with Crippen LogP contribution in [0.3, 0.4) is 0 Å². The zero-order valence-corrected chi connectivity index (χ0v) is 20.1. The smallest absolute Gasteiger partial charge is 0.224 e. The lowest BCUT2D eigenvalue weighted by Gasteiger charge is -2.16. The summed E-state index contributed by atoms with van der Waals surface area (Å²) in [6, 6.07) is 19.3. The van der Waals surface area contributed by atoms with Gasteiger partial charge >= 0.3 is 0 Å². The molecular weight excluding hydrogens is 400 g/mol. The van der Waals surface area contributed by atoms with E-state index in [1.807, 2.05) is 83.1 Å². The normalized spacial score (nSPS) is 10.4. The maximum Gasteiger partial charge on any atom is 0.224 e. The fourth-order valence-corrected chi connectivity index (χ4v) is 2.89. The molecule has 1 amide bonds. The third-order valence-electron chi connectivity index (χ3n) is 4.45. The fourth-order valence-electron chi connectivity index (χ4n) is 2.89. The summed E-state index contributed by atoms with van der Waals surface area (Å²) >= 11 is 0. The third-order valence-corrected chi connectivity index (χ3v) is 4.45. The highest BCUT2D eigenvalue weighted by Gasteiger charge is 2.15. The molecule has 0 aliphatic carbocycles. The largest absolute Gasteiger partial charge is 0.493 e. The lowest BCUT2D eigenvalue weighted by molar-refractivity contribution is -0.116. The molecule has 1 unspecified atom stereocenters. The number of anilines is 1. The number of hydrogen-bond acceptors (Lipinski definition) is 4. The van der Waals surface area contributed by atoms with E-state index in [1.54, 1.807) is 31.6 Å². The summed E-state index contributed by atoms with van der Waals surface area (Å²) in [6.45, 7) is 10.5. The van der Waals surface area contributed by atoms with Gasteiger partial charge in [0.2, 0.25) is 5.91 Å². The number of nitrogens with one attached hydrogen (secondary N) is 1. The first-order valence-corrected chi connectivity index (χ1v) is 11.2. The van der Waals surface area contributed by atoms with Gasteiger partial charge in [-0.25, -0.2) is 0 Å². The fraction of sp³-hybridized carbons (Fsp3) is 0.333. The van der Waals surface area contributed by atoms with Crippen molar-refractivity contribution in [3.63, 3.8) is 0 Å². The Balaban J connectivity index is 0.00000121. The molecule has 0 aliphatic heterocycles. The number of carbonyl (C=O) groups is 1. The van der Waals surface area contributed by atoms with Crippen LogP contribution in [0.25, 0.3) is 0 Å². The first-order chi connectivity index (χ1) is 15.7. The number of ether oxygens (including phenoxy) is 2. The van der Waals surface area contributed by atoms with E-state index < -0.39 is 0 Å². The number of benzene rings is 2. The average Bonchev–Trinajstić information content (AvgIpc) is 2.86. The molecule has 5 nitrogen and oxygen atoms in total. The van der Waals surface area contributed by atoms with E-state index in [-0.39, 0.29) is 11.8 Å². The van der Waals surface area contributed by atoms with Crippen molar-refractivity contribution >= 4 is 11.6 Å². The third kappa shape index (κ3) is 8.80. The lowest BCUT2D eigenvalue weighted by atomic mass is 9.97. The van der Waals surface area contributed by atoms with E-state index in [1.165, 1.54) is 0 Å². The number of pyridine rings is 1. The van der Waals surface area contributed by atoms with E-state index in [9.17, 15) is 4.79 Å². The van der Waals surface area contributed by atoms with Gasteiger partial charge < -0.3 is 14.8 Å². The van der Waals surface area contributed by atoms with E-state index >= 15 is 0 Å². The summed E-state index contributed by atoms with van der Waals surface area (Å²) in [4.78, 5) is 16.3. The molecule has 3 aromatic rings. The first kappa shape index (κ1) is 26.7. The second-order valence-corrected chi connectivity index (χ2v) is 6.57. The van der Waals surface area contributed by atoms with E-state index in [0.29, 0.717) is 24.5 Å². The van der Waals surface area contributed by atoms with E-state index in [4.69, 9.17) is 9.47 Å². The molecule has 172 valence electrons. The van der Waals surface area contributed by atoms with Gasteiger partial charge in [-0.15, -0.1) is 0 Å². The van der Waals surface area contributed by atoms with Crippen molar-refractivity contribution in [1.29, 1.82) is 0 Å². The Kier molecular flexibility index (Phi) is 12.9. The SMILES string of the molecule is CC.CC.COc1ccc(C(C)CC(=O)Nc2ccncc2)cc1OCc1ccccc1. The summed E-state index contributed by atoms with van der Waals surface area (Å²) in [6.07, 6.45) is 3.67. The van der Waals surface area contributed by atoms with Crippen LogP contribution in [0, 0.1) is 0 Å². The predicted octanol–water partition coefficient (Wildman–Crippen LogP) is 6.85. The van der Waals surface area contributed by atoms with Gasteiger partial charge in [0.25, 0.3) is 0 Å². The number of hydrogen-bond donors (Lipinski definition) is 1. The zero-order chi connectivity index (χ0) is 23.8. The minimum atomic E-state index is -0.0405. The molecule has 0 saturated heterocycles. The minimum absolute atomic E-state index is 0.0341. The number of nitrogens with zero attached hydrogens (tertiary/aromatic N) is 1. The molecular formula is C27H36N2O3. The summed E-state index contributed by atoms with van der Waals surface area (Å²) < 4.78 is 11.4. The molecule has 1 atom stereocenters. The van der Waals surface area contributed by atoms with Crippen LogP contribution >= 0.6 is 0 Å². The second kappa shape index (κ2) is 15.5. The summed E-state index contributed by atoms with van der Waals surface area (Å²) in [5, 5.41) is 2.89. The molecule has 5 heteroatoms. The Bertz CT molecular complexity index is 899. The molecule has 1 heterocycles. The van der Waals surface area contributed by atoms with Crippen LogP contribution in [0.15, 0.2) is 73.1 Å². The first-order valence-electron chi connectivity index (χ1n) is 11.2. The van der Waals surface area contributed by atoms with Gasteiger partial charge in [0.15, 0.2) is 11.5 Å². The monoisotopic (exact) mass is 436 g/mol. The van der Waals surface area contributed by atoms with Crippen LogP contribution < -0.4 is 14.8 Å². The van der Waals surface area contributed by atoms with Crippen LogP contribution in [0.5, 0.6) is 11.5 Å². The van der Waals surface area contributed by atoms with Crippen molar-refractivity contribution in [2.45, 2.75) is 53.6 Å². The predicted molar refractivity (Wildman–Crippen MR) is 132 cm³/mol. The van der Waals surface area contributed by atoms with Crippen LogP contribution in [-0.2, 0) is 11.4 Å². The second-order valence-electron chi connectivity index (χ2n) is 6.57. The molecule has 0 spiro atoms. The molecule has 3 rings (SSSR count). The highest BCUT2D eigenvalue weighted by atomic mass is 16.5. The van der Waals surface area contributed by atoms with Gasteiger partial charge in [-0.1, -0.05) is 71.0 Å². The number of carbonyl (C=O) groups excluding carboxylic acids is 1. The topological polar surface area (TPSA) is 60.5 Å². The number of amides is 1. The van der Waals surface area contributed by atoms with Crippen LogP contribution in [0.1, 0.15) is 58.1 Å². The van der Waals surface area contributed by atoms with Crippen molar-refractivity contribution in [3.05, 3.63) is 84.2 Å². The lowest BCUT2D eigenvalue weighted by Crippen LogP contribution is -2.14. The van der Waals surface area contributed by atoms with E-state index in [2.05, 4.69) is 10.3 Å². The Morgan fingerprint density at radius 3 is 2.22 bits per heavy atom. The van der Waals surface area contributed by atoms with Crippen LogP contribution in [0.2, 0.25) is 0 Å². The van der Waals surface area contributed by atoms with Gasteiger partial charge in [-0.3, -0.25) is 9.78 Å². The van der Waals surface area contributed by atoms with E-state index in [0.717, 1.165) is 16.8 Å². The molecule has 1 N–H and O–H groups in total. The van der Waals surface area contributed by atoms with Gasteiger partial charge in [-0.05, 0) is 41.3 Å². The molecule has 0 fully saturated rings. The molecule has 2 aromatic carbocycles. The Morgan fingerprint density at radius 2 is 1.59 bits per heavy atom. The quantitative estimate of drug-likeness (QED) is 0.419. The average molecular weight is 437 g/mol. The standard InChI is InChI=1S/C23H24N2O3.2C2H6/c1-17(14-23(26)25-20-10-12-24-13-11-20)19-8-9-21(27-2)22(15-19)28-16-18-6-4-3-5-7-18;2*1-2/h3-13,15,17H,14,16H2,1-2H3,(H,24,25,26);2*1-2H3. The zero-order valence-electron chi connectivity index (χ0n) is 20.1. The number of methoxy groups -OCH3 is 1. The molecule has 0 radical (unpaired) electrons. The maximum atomic E-state index is 12.3. The highest BCUT2D eigenvalue weighted by Crippen LogP contribution is 2.32. The van der Waals surface area contributed by atoms with Crippen molar-refractivity contribution in [2.75, 3.05) is 12.4 Å². The summed E-state index contributed by atoms with van der Waals surface area (Å²) in [5.41, 5.74) is 2.85. The van der Waals surface area contributed by atoms with Gasteiger partial charge in [0, 0.05) is 24.5 Å². The highest BCUT2D eigenvalue weighted by molar-refractivity contribution is 5.91. The number of rotatable bonds is 8. The van der Waals surface area contributed by atoms with Crippen LogP contribution in [-0.4, -0.2) is 18.0 Å². The molecule has 0 saturated carbocycles. The Morgan fingerprint density at radius 1 is 0.938 bits per heavy atom. The van der Waals surface area contributed by atoms with Crippen molar-refractivity contribution in [2.24, 2.45) is 0 Å². The van der Waals surface area contributed by atoms with Gasteiger partial charge in [0.1, 0.15) is 6.61 Å². The maximum absolute atomic E-state index is 12.3. The summed E-state index contributed by atoms with van der Waals surface area (Å²) in [5.74, 6) is 1.34. The van der Waals surface area contributed by atoms with Crippen LogP contribution in [0.4, 0.5) is 5.69 Å². The number of aromatic nitrogens is 1. The Labute approximate surface area is 192 Å². The van der Waals surface area contributed by atoms with Crippen molar-refractivity contribution in [1.82, 2.24) is 4.98 Å². The van der Waals surface area contributed by atoms with Gasteiger partial charge in [-0.2, -0.15) is 0 Å². The van der Waals surface area contributed by atoms with Gasteiger partial charge in [0.05, 0.1) is 7.11 Å². The van der Waals surface area contributed by atoms with Crippen molar-refractivity contribution in [3.8, 4) is 11.5 Å².